The molecule has 2 aromatic carbocycles. The molecule has 10 heteroatoms. The second kappa shape index (κ2) is 10.4. The van der Waals surface area contributed by atoms with Crippen molar-refractivity contribution in [2.45, 2.75) is 29.9 Å². The summed E-state index contributed by atoms with van der Waals surface area (Å²) < 4.78 is 40.7. The first-order chi connectivity index (χ1) is 13.4. The van der Waals surface area contributed by atoms with E-state index in [1.807, 2.05) is 13.8 Å². The number of nitro benzene ring substituents is 1. The molecule has 0 saturated heterocycles. The Bertz CT molecular complexity index is 909. The van der Waals surface area contributed by atoms with Crippen molar-refractivity contribution in [1.82, 2.24) is 0 Å². The van der Waals surface area contributed by atoms with E-state index >= 15 is 0 Å². The summed E-state index contributed by atoms with van der Waals surface area (Å²) in [5.74, 6) is 0.186. The maximum atomic E-state index is 12.7. The van der Waals surface area contributed by atoms with Crippen LogP contribution in [-0.4, -0.2) is 38.6 Å². The van der Waals surface area contributed by atoms with Crippen LogP contribution in [0.15, 0.2) is 68.2 Å². The fourth-order valence-electron chi connectivity index (χ4n) is 2.29. The Labute approximate surface area is 166 Å². The Morgan fingerprint density at radius 3 is 2.11 bits per heavy atom. The molecule has 0 bridgehead atoms. The Morgan fingerprint density at radius 1 is 1.04 bits per heavy atom. The molecule has 0 unspecified atom stereocenters. The highest BCUT2D eigenvalue weighted by atomic mass is 32.3. The van der Waals surface area contributed by atoms with E-state index in [9.17, 15) is 18.5 Å². The van der Waals surface area contributed by atoms with Crippen molar-refractivity contribution >= 4 is 26.4 Å². The molecule has 0 N–H and O–H groups in total. The number of non-ortho nitro benzene ring substituents is 1. The Kier molecular flexibility index (Phi) is 8.24. The van der Waals surface area contributed by atoms with Crippen LogP contribution in [-0.2, 0) is 30.2 Å². The van der Waals surface area contributed by atoms with Gasteiger partial charge < -0.3 is 9.47 Å². The summed E-state index contributed by atoms with van der Waals surface area (Å²) >= 11 is 0. The van der Waals surface area contributed by atoms with Crippen molar-refractivity contribution in [3.05, 3.63) is 64.7 Å². The lowest BCUT2D eigenvalue weighted by Crippen LogP contribution is -2.25. The van der Waals surface area contributed by atoms with Gasteiger partial charge in [0.05, 0.1) is 15.6 Å². The average Bonchev–Trinajstić information content (AvgIpc) is 2.68. The van der Waals surface area contributed by atoms with Crippen LogP contribution < -0.4 is 0 Å². The highest BCUT2D eigenvalue weighted by Gasteiger charge is 2.19. The van der Waals surface area contributed by atoms with E-state index in [2.05, 4.69) is 3.77 Å². The third-order valence-corrected chi connectivity index (χ3v) is 7.32. The van der Waals surface area contributed by atoms with Crippen LogP contribution in [0.25, 0.3) is 0 Å². The predicted molar refractivity (Wildman–Crippen MR) is 107 cm³/mol. The molecule has 0 spiro atoms. The Morgan fingerprint density at radius 2 is 1.61 bits per heavy atom. The number of ether oxygens (including phenoxy) is 2. The molecular formula is C18H22N2O6S2. The lowest BCUT2D eigenvalue weighted by molar-refractivity contribution is -0.384. The first-order valence-corrected chi connectivity index (χ1v) is 11.4. The van der Waals surface area contributed by atoms with Gasteiger partial charge in [0, 0.05) is 30.2 Å². The smallest absolute Gasteiger partial charge is 0.288 e. The van der Waals surface area contributed by atoms with E-state index in [1.165, 1.54) is 36.4 Å². The molecule has 0 fully saturated rings. The fraction of sp³-hybridized carbons (Fsp3) is 0.333. The molecule has 0 amide bonds. The summed E-state index contributed by atoms with van der Waals surface area (Å²) in [6.45, 7) is 4.42. The van der Waals surface area contributed by atoms with Crippen molar-refractivity contribution in [1.29, 1.82) is 0 Å². The minimum Gasteiger partial charge on any atom is -0.352 e. The standard InChI is InChI=1S/C18H22N2O6S2/c1-3-25-18(26-4-2)14-27(16-12-10-15(11-13-16)20(21)22)19-28(23,24)17-8-6-5-7-9-17/h5-13,18H,3-4,14H2,1-2H3/t27-/m1/s1. The first kappa shape index (κ1) is 22.2. The number of nitro groups is 1. The third-order valence-electron chi connectivity index (χ3n) is 3.55. The van der Waals surface area contributed by atoms with E-state index < -0.39 is 31.9 Å². The predicted octanol–water partition coefficient (Wildman–Crippen LogP) is 3.54. The van der Waals surface area contributed by atoms with Crippen molar-refractivity contribution in [3.8, 4) is 0 Å². The van der Waals surface area contributed by atoms with Gasteiger partial charge in [-0.05, 0) is 48.8 Å². The van der Waals surface area contributed by atoms with Gasteiger partial charge in [0.2, 0.25) is 0 Å². The molecule has 0 saturated carbocycles. The van der Waals surface area contributed by atoms with Gasteiger partial charge in [0.1, 0.15) is 0 Å². The summed E-state index contributed by atoms with van der Waals surface area (Å²) in [7, 11) is -5.07. The van der Waals surface area contributed by atoms with Crippen LogP contribution >= 0.6 is 0 Å². The monoisotopic (exact) mass is 426 g/mol. The number of hydrogen-bond acceptors (Lipinski definition) is 6. The number of benzene rings is 2. The molecule has 28 heavy (non-hydrogen) atoms. The summed E-state index contributed by atoms with van der Waals surface area (Å²) in [6, 6.07) is 13.6. The second-order valence-electron chi connectivity index (χ2n) is 5.49. The zero-order valence-corrected chi connectivity index (χ0v) is 17.2. The average molecular weight is 427 g/mol. The fourth-order valence-corrected chi connectivity index (χ4v) is 5.77. The molecule has 152 valence electrons. The molecule has 2 rings (SSSR count). The number of rotatable bonds is 10. The van der Waals surface area contributed by atoms with Crippen LogP contribution in [0, 0.1) is 10.1 Å². The lowest BCUT2D eigenvalue weighted by Gasteiger charge is -2.18. The topological polar surface area (TPSA) is 108 Å². The maximum absolute atomic E-state index is 12.7. The van der Waals surface area contributed by atoms with Crippen molar-refractivity contribution < 1.29 is 22.8 Å². The summed E-state index contributed by atoms with van der Waals surface area (Å²) in [6.07, 6.45) is -0.636. The molecule has 0 heterocycles. The lowest BCUT2D eigenvalue weighted by atomic mass is 10.3. The van der Waals surface area contributed by atoms with Gasteiger partial charge in [0.15, 0.2) is 6.29 Å². The van der Waals surface area contributed by atoms with Crippen molar-refractivity contribution in [2.75, 3.05) is 19.0 Å². The zero-order valence-electron chi connectivity index (χ0n) is 15.6. The van der Waals surface area contributed by atoms with Crippen LogP contribution in [0.5, 0.6) is 0 Å². The third kappa shape index (κ3) is 6.20. The van der Waals surface area contributed by atoms with Gasteiger partial charge in [-0.3, -0.25) is 10.1 Å². The molecule has 0 radical (unpaired) electrons. The summed E-state index contributed by atoms with van der Waals surface area (Å²) in [5, 5.41) is 10.9. The minimum atomic E-state index is -3.92. The normalized spacial score (nSPS) is 13.0. The maximum Gasteiger partial charge on any atom is 0.288 e. The minimum absolute atomic E-state index is 0.0793. The van der Waals surface area contributed by atoms with E-state index in [1.54, 1.807) is 18.2 Å². The van der Waals surface area contributed by atoms with E-state index in [0.717, 1.165) is 0 Å². The van der Waals surface area contributed by atoms with E-state index in [0.29, 0.717) is 18.1 Å². The zero-order chi connectivity index (χ0) is 20.6. The van der Waals surface area contributed by atoms with Crippen LogP contribution in [0.1, 0.15) is 13.8 Å². The number of nitrogens with zero attached hydrogens (tertiary/aromatic N) is 2. The van der Waals surface area contributed by atoms with E-state index in [4.69, 9.17) is 9.47 Å². The summed E-state index contributed by atoms with van der Waals surface area (Å²) in [4.78, 5) is 11.0. The van der Waals surface area contributed by atoms with Gasteiger partial charge in [-0.1, -0.05) is 18.2 Å². The number of sulfonamides is 1. The van der Waals surface area contributed by atoms with Crippen LogP contribution in [0.3, 0.4) is 0 Å². The molecule has 8 nitrogen and oxygen atoms in total. The van der Waals surface area contributed by atoms with Gasteiger partial charge >= 0.3 is 0 Å². The largest absolute Gasteiger partial charge is 0.352 e. The molecular weight excluding hydrogens is 404 g/mol. The van der Waals surface area contributed by atoms with Crippen molar-refractivity contribution in [3.63, 3.8) is 0 Å². The highest BCUT2D eigenvalue weighted by Crippen LogP contribution is 2.21. The SMILES string of the molecule is CCOC(C[S@@](=NS(=O)(=O)c1ccccc1)c1ccc([N+](=O)[O-])cc1)OCC. The van der Waals surface area contributed by atoms with Gasteiger partial charge in [-0.15, -0.1) is 3.77 Å². The van der Waals surface area contributed by atoms with Gasteiger partial charge in [-0.25, -0.2) is 0 Å². The Balaban J connectivity index is 2.47. The quantitative estimate of drug-likeness (QED) is 0.327. The van der Waals surface area contributed by atoms with Crippen molar-refractivity contribution in [2.24, 2.45) is 3.77 Å². The molecule has 2 aromatic rings. The molecule has 0 aromatic heterocycles. The number of hydrogen-bond donors (Lipinski definition) is 0. The molecule has 0 aliphatic carbocycles. The molecule has 1 atom stereocenters. The first-order valence-electron chi connectivity index (χ1n) is 8.59. The van der Waals surface area contributed by atoms with E-state index in [-0.39, 0.29) is 16.3 Å². The van der Waals surface area contributed by atoms with Gasteiger partial charge in [-0.2, -0.15) is 8.42 Å². The van der Waals surface area contributed by atoms with Crippen LogP contribution in [0.4, 0.5) is 5.69 Å². The molecule has 0 aliphatic rings. The highest BCUT2D eigenvalue weighted by molar-refractivity contribution is 8.00. The molecule has 0 aliphatic heterocycles. The van der Waals surface area contributed by atoms with Gasteiger partial charge in [0.25, 0.3) is 15.7 Å². The Hall–Kier alpha value is -2.14. The summed E-state index contributed by atoms with van der Waals surface area (Å²) in [5.41, 5.74) is -0.0793. The second-order valence-corrected chi connectivity index (χ2v) is 9.04. The van der Waals surface area contributed by atoms with Crippen LogP contribution in [0.2, 0.25) is 0 Å².